The fourth-order valence-electron chi connectivity index (χ4n) is 1.60. The first kappa shape index (κ1) is 11.6. The van der Waals surface area contributed by atoms with Crippen molar-refractivity contribution in [2.45, 2.75) is 20.3 Å². The summed E-state index contributed by atoms with van der Waals surface area (Å²) in [5.74, 6) is 0.436. The maximum Gasteiger partial charge on any atom is 0.226 e. The highest BCUT2D eigenvalue weighted by molar-refractivity contribution is 5.86. The maximum absolute atomic E-state index is 11.7. The second-order valence-electron chi connectivity index (χ2n) is 4.50. The number of nitrogens with one attached hydrogen (secondary N) is 1. The summed E-state index contributed by atoms with van der Waals surface area (Å²) < 4.78 is 5.15. The van der Waals surface area contributed by atoms with Crippen molar-refractivity contribution in [3.8, 4) is 0 Å². The fourth-order valence-corrected chi connectivity index (χ4v) is 1.60. The van der Waals surface area contributed by atoms with Gasteiger partial charge in [0, 0.05) is 11.9 Å². The maximum atomic E-state index is 11.7. The van der Waals surface area contributed by atoms with Crippen molar-refractivity contribution in [2.75, 3.05) is 6.54 Å². The van der Waals surface area contributed by atoms with Crippen LogP contribution >= 0.6 is 0 Å². The molecule has 1 heterocycles. The van der Waals surface area contributed by atoms with Crippen LogP contribution in [-0.4, -0.2) is 17.6 Å². The monoisotopic (exact) mass is 232 g/mol. The lowest BCUT2D eigenvalue weighted by Crippen LogP contribution is -2.28. The van der Waals surface area contributed by atoms with Crippen molar-refractivity contribution in [1.29, 1.82) is 0 Å². The van der Waals surface area contributed by atoms with E-state index in [0.717, 1.165) is 11.0 Å². The van der Waals surface area contributed by atoms with Crippen LogP contribution in [-0.2, 0) is 11.2 Å². The second-order valence-corrected chi connectivity index (χ2v) is 4.50. The smallest absolute Gasteiger partial charge is 0.226 e. The van der Waals surface area contributed by atoms with E-state index in [4.69, 9.17) is 4.52 Å². The lowest BCUT2D eigenvalue weighted by molar-refractivity contribution is -0.120. The van der Waals surface area contributed by atoms with E-state index in [-0.39, 0.29) is 12.3 Å². The number of hydrogen-bond acceptors (Lipinski definition) is 3. The zero-order chi connectivity index (χ0) is 12.3. The second kappa shape index (κ2) is 4.99. The Morgan fingerprint density at radius 3 is 2.94 bits per heavy atom. The van der Waals surface area contributed by atoms with Crippen LogP contribution in [0.5, 0.6) is 0 Å². The summed E-state index contributed by atoms with van der Waals surface area (Å²) in [6, 6.07) is 7.56. The third kappa shape index (κ3) is 2.84. The number of nitrogens with zero attached hydrogens (tertiary/aromatic N) is 1. The van der Waals surface area contributed by atoms with Gasteiger partial charge >= 0.3 is 0 Å². The van der Waals surface area contributed by atoms with Gasteiger partial charge in [-0.05, 0) is 18.1 Å². The Balaban J connectivity index is 2.06. The van der Waals surface area contributed by atoms with Gasteiger partial charge in [-0.3, -0.25) is 4.79 Å². The molecule has 0 radical (unpaired) electrons. The fraction of sp³-hybridized carbons (Fsp3) is 0.385. The molecule has 1 amide bonds. The molecule has 0 saturated heterocycles. The van der Waals surface area contributed by atoms with Gasteiger partial charge in [0.1, 0.15) is 5.69 Å². The summed E-state index contributed by atoms with van der Waals surface area (Å²) in [7, 11) is 0. The van der Waals surface area contributed by atoms with Crippen molar-refractivity contribution >= 4 is 16.9 Å². The number of aromatic nitrogens is 1. The van der Waals surface area contributed by atoms with Crippen LogP contribution in [0.15, 0.2) is 28.8 Å². The molecule has 4 nitrogen and oxygen atoms in total. The Hall–Kier alpha value is -1.84. The van der Waals surface area contributed by atoms with Crippen LogP contribution < -0.4 is 5.32 Å². The van der Waals surface area contributed by atoms with E-state index in [2.05, 4.69) is 24.3 Å². The van der Waals surface area contributed by atoms with Crippen molar-refractivity contribution in [3.05, 3.63) is 30.0 Å². The molecule has 0 aliphatic heterocycles. The predicted octanol–water partition coefficient (Wildman–Crippen LogP) is 2.14. The summed E-state index contributed by atoms with van der Waals surface area (Å²) in [6.45, 7) is 4.81. The Labute approximate surface area is 100.0 Å². The Morgan fingerprint density at radius 2 is 2.18 bits per heavy atom. The summed E-state index contributed by atoms with van der Waals surface area (Å²) in [4.78, 5) is 11.7. The zero-order valence-corrected chi connectivity index (χ0v) is 10.1. The lowest BCUT2D eigenvalue weighted by Gasteiger charge is -2.06. The van der Waals surface area contributed by atoms with Gasteiger partial charge in [0.2, 0.25) is 5.91 Å². The van der Waals surface area contributed by atoms with Gasteiger partial charge in [0.15, 0.2) is 5.58 Å². The first-order chi connectivity index (χ1) is 8.16. The van der Waals surface area contributed by atoms with Crippen LogP contribution in [0.2, 0.25) is 0 Å². The molecule has 17 heavy (non-hydrogen) atoms. The average molecular weight is 232 g/mol. The molecular weight excluding hydrogens is 216 g/mol. The molecule has 0 fully saturated rings. The normalized spacial score (nSPS) is 11.0. The summed E-state index contributed by atoms with van der Waals surface area (Å²) in [5.41, 5.74) is 1.42. The quantitative estimate of drug-likeness (QED) is 0.878. The van der Waals surface area contributed by atoms with Crippen LogP contribution in [0.4, 0.5) is 0 Å². The molecule has 0 unspecified atom stereocenters. The van der Waals surface area contributed by atoms with Crippen LogP contribution in [0, 0.1) is 5.92 Å². The number of fused-ring (bicyclic) bond motifs is 1. The molecule has 0 spiro atoms. The van der Waals surface area contributed by atoms with Gasteiger partial charge in [-0.25, -0.2) is 0 Å². The third-order valence-corrected chi connectivity index (χ3v) is 2.49. The molecule has 0 atom stereocenters. The van der Waals surface area contributed by atoms with Crippen LogP contribution in [0.1, 0.15) is 19.5 Å². The third-order valence-electron chi connectivity index (χ3n) is 2.49. The number of rotatable bonds is 4. The minimum Gasteiger partial charge on any atom is -0.356 e. The molecule has 1 aromatic heterocycles. The molecule has 0 saturated carbocycles. The highest BCUT2D eigenvalue weighted by Gasteiger charge is 2.11. The van der Waals surface area contributed by atoms with Gasteiger partial charge in [-0.1, -0.05) is 31.1 Å². The first-order valence-corrected chi connectivity index (χ1v) is 5.77. The molecule has 2 rings (SSSR count). The molecule has 0 aliphatic rings. The summed E-state index contributed by atoms with van der Waals surface area (Å²) in [6.07, 6.45) is 0.268. The number of hydrogen-bond donors (Lipinski definition) is 1. The highest BCUT2D eigenvalue weighted by atomic mass is 16.5. The standard InChI is InChI=1S/C13H16N2O2/c1-9(2)8-14-13(16)7-11-10-5-3-4-6-12(10)17-15-11/h3-6,9H,7-8H2,1-2H3,(H,14,16). The number of benzene rings is 1. The van der Waals surface area contributed by atoms with Crippen molar-refractivity contribution < 1.29 is 9.32 Å². The van der Waals surface area contributed by atoms with Crippen molar-refractivity contribution in [2.24, 2.45) is 5.92 Å². The number of amides is 1. The molecular formula is C13H16N2O2. The van der Waals surface area contributed by atoms with Crippen LogP contribution in [0.3, 0.4) is 0 Å². The topological polar surface area (TPSA) is 55.1 Å². The van der Waals surface area contributed by atoms with Crippen LogP contribution in [0.25, 0.3) is 11.0 Å². The van der Waals surface area contributed by atoms with E-state index in [1.165, 1.54) is 0 Å². The van der Waals surface area contributed by atoms with Crippen molar-refractivity contribution in [1.82, 2.24) is 10.5 Å². The predicted molar refractivity (Wildman–Crippen MR) is 65.6 cm³/mol. The summed E-state index contributed by atoms with van der Waals surface area (Å²) >= 11 is 0. The van der Waals surface area contributed by atoms with Gasteiger partial charge < -0.3 is 9.84 Å². The Bertz CT molecular complexity index is 517. The minimum absolute atomic E-state index is 0.0160. The average Bonchev–Trinajstić information content (AvgIpc) is 2.70. The molecule has 0 bridgehead atoms. The van der Waals surface area contributed by atoms with E-state index in [1.807, 2.05) is 24.3 Å². The van der Waals surface area contributed by atoms with Gasteiger partial charge in [0.25, 0.3) is 0 Å². The SMILES string of the molecule is CC(C)CNC(=O)Cc1noc2ccccc12. The number of carbonyl (C=O) groups is 1. The summed E-state index contributed by atoms with van der Waals surface area (Å²) in [5, 5.41) is 7.70. The molecule has 1 N–H and O–H groups in total. The lowest BCUT2D eigenvalue weighted by atomic mass is 10.1. The van der Waals surface area contributed by atoms with E-state index in [9.17, 15) is 4.79 Å². The molecule has 0 aliphatic carbocycles. The van der Waals surface area contributed by atoms with Gasteiger partial charge in [-0.2, -0.15) is 0 Å². The van der Waals surface area contributed by atoms with E-state index in [1.54, 1.807) is 0 Å². The number of para-hydroxylation sites is 1. The van der Waals surface area contributed by atoms with E-state index < -0.39 is 0 Å². The van der Waals surface area contributed by atoms with Crippen molar-refractivity contribution in [3.63, 3.8) is 0 Å². The molecule has 90 valence electrons. The number of carbonyl (C=O) groups excluding carboxylic acids is 1. The van der Waals surface area contributed by atoms with Gasteiger partial charge in [0.05, 0.1) is 6.42 Å². The Morgan fingerprint density at radius 1 is 1.41 bits per heavy atom. The first-order valence-electron chi connectivity index (χ1n) is 5.77. The van der Waals surface area contributed by atoms with E-state index >= 15 is 0 Å². The highest BCUT2D eigenvalue weighted by Crippen LogP contribution is 2.17. The van der Waals surface area contributed by atoms with Gasteiger partial charge in [-0.15, -0.1) is 0 Å². The molecule has 4 heteroatoms. The zero-order valence-electron chi connectivity index (χ0n) is 10.1. The Kier molecular flexibility index (Phi) is 3.42. The molecule has 2 aromatic rings. The minimum atomic E-state index is -0.0160. The van der Waals surface area contributed by atoms with E-state index in [0.29, 0.717) is 18.2 Å². The molecule has 1 aromatic carbocycles. The largest absolute Gasteiger partial charge is 0.356 e.